The third-order valence-corrected chi connectivity index (χ3v) is 5.68. The maximum Gasteiger partial charge on any atom is 0.237 e. The van der Waals surface area contributed by atoms with Gasteiger partial charge in [0, 0.05) is 11.0 Å². The molecule has 2 N–H and O–H groups in total. The molecule has 0 unspecified atom stereocenters. The Labute approximate surface area is 152 Å². The number of rotatable bonds is 7. The predicted molar refractivity (Wildman–Crippen MR) is 102 cm³/mol. The quantitative estimate of drug-likeness (QED) is 0.650. The van der Waals surface area contributed by atoms with Crippen molar-refractivity contribution in [3.63, 3.8) is 0 Å². The second-order valence-corrected chi connectivity index (χ2v) is 8.45. The molecule has 0 aliphatic rings. The zero-order valence-corrected chi connectivity index (χ0v) is 16.4. The van der Waals surface area contributed by atoms with E-state index in [-0.39, 0.29) is 11.2 Å². The molecule has 124 valence electrons. The van der Waals surface area contributed by atoms with E-state index < -0.39 is 0 Å². The highest BCUT2D eigenvalue weighted by atomic mass is 79.9. The Hall–Kier alpha value is -1.12. The molecule has 1 aromatic carbocycles. The van der Waals surface area contributed by atoms with Gasteiger partial charge in [-0.1, -0.05) is 36.1 Å². The summed E-state index contributed by atoms with van der Waals surface area (Å²) in [6, 6.07) is 5.84. The van der Waals surface area contributed by atoms with Gasteiger partial charge in [0.2, 0.25) is 11.0 Å². The highest BCUT2D eigenvalue weighted by Gasteiger charge is 2.18. The standard InChI is InChI=1S/C15H19BrN4OS2/c1-4-7-17-14-19-20-15(23-14)22-10(3)13(21)18-12-6-5-9(2)8-11(12)16/h5-6,8,10H,4,7H2,1-3H3,(H,17,19)(H,18,21)/t10-/m0/s1. The van der Waals surface area contributed by atoms with Crippen molar-refractivity contribution >= 4 is 55.8 Å². The molecule has 0 bridgehead atoms. The van der Waals surface area contributed by atoms with Crippen LogP contribution >= 0.6 is 39.0 Å². The molecule has 1 atom stereocenters. The Kier molecular flexibility index (Phi) is 6.86. The average Bonchev–Trinajstić information content (AvgIpc) is 2.95. The molecule has 1 amide bonds. The first kappa shape index (κ1) is 18.2. The number of nitrogens with zero attached hydrogens (tertiary/aromatic N) is 2. The maximum atomic E-state index is 12.3. The Morgan fingerprint density at radius 2 is 2.22 bits per heavy atom. The van der Waals surface area contributed by atoms with Crippen molar-refractivity contribution in [3.8, 4) is 0 Å². The van der Waals surface area contributed by atoms with Crippen LogP contribution in [0.15, 0.2) is 27.0 Å². The molecule has 0 spiro atoms. The molecule has 8 heteroatoms. The molecule has 2 rings (SSSR count). The topological polar surface area (TPSA) is 66.9 Å². The third-order valence-electron chi connectivity index (χ3n) is 2.96. The highest BCUT2D eigenvalue weighted by molar-refractivity contribution is 9.10. The fourth-order valence-electron chi connectivity index (χ4n) is 1.72. The average molecular weight is 415 g/mol. The molecule has 0 fully saturated rings. The lowest BCUT2D eigenvalue weighted by atomic mass is 10.2. The van der Waals surface area contributed by atoms with Crippen LogP contribution in [-0.2, 0) is 4.79 Å². The Morgan fingerprint density at radius 1 is 1.43 bits per heavy atom. The van der Waals surface area contributed by atoms with E-state index in [0.717, 1.165) is 38.2 Å². The molecule has 23 heavy (non-hydrogen) atoms. The summed E-state index contributed by atoms with van der Waals surface area (Å²) in [6.45, 7) is 6.84. The van der Waals surface area contributed by atoms with E-state index in [1.54, 1.807) is 0 Å². The third kappa shape index (κ3) is 5.47. The summed E-state index contributed by atoms with van der Waals surface area (Å²) in [5.74, 6) is -0.0576. The van der Waals surface area contributed by atoms with Crippen LogP contribution in [-0.4, -0.2) is 27.9 Å². The molecule has 5 nitrogen and oxygen atoms in total. The number of aryl methyl sites for hydroxylation is 1. The molecular weight excluding hydrogens is 396 g/mol. The summed E-state index contributed by atoms with van der Waals surface area (Å²) in [4.78, 5) is 12.3. The number of hydrogen-bond donors (Lipinski definition) is 2. The van der Waals surface area contributed by atoms with Gasteiger partial charge in [-0.15, -0.1) is 10.2 Å². The molecule has 0 saturated heterocycles. The number of amides is 1. The maximum absolute atomic E-state index is 12.3. The van der Waals surface area contributed by atoms with Gasteiger partial charge in [-0.3, -0.25) is 4.79 Å². The van der Waals surface area contributed by atoms with Gasteiger partial charge >= 0.3 is 0 Å². The Morgan fingerprint density at radius 3 is 2.91 bits per heavy atom. The first-order valence-electron chi connectivity index (χ1n) is 7.30. The van der Waals surface area contributed by atoms with Gasteiger partial charge in [0.05, 0.1) is 10.9 Å². The first-order chi connectivity index (χ1) is 11.0. The van der Waals surface area contributed by atoms with Gasteiger partial charge in [0.1, 0.15) is 0 Å². The summed E-state index contributed by atoms with van der Waals surface area (Å²) in [5, 5.41) is 14.8. The van der Waals surface area contributed by atoms with Crippen molar-refractivity contribution in [3.05, 3.63) is 28.2 Å². The van der Waals surface area contributed by atoms with E-state index in [4.69, 9.17) is 0 Å². The summed E-state index contributed by atoms with van der Waals surface area (Å²) in [7, 11) is 0. The lowest BCUT2D eigenvalue weighted by Crippen LogP contribution is -2.22. The van der Waals surface area contributed by atoms with Gasteiger partial charge in [0.15, 0.2) is 4.34 Å². The normalized spacial score (nSPS) is 12.0. The molecule has 0 radical (unpaired) electrons. The van der Waals surface area contributed by atoms with Crippen molar-refractivity contribution in [1.29, 1.82) is 0 Å². The highest BCUT2D eigenvalue weighted by Crippen LogP contribution is 2.30. The summed E-state index contributed by atoms with van der Waals surface area (Å²) >= 11 is 6.35. The lowest BCUT2D eigenvalue weighted by molar-refractivity contribution is -0.115. The van der Waals surface area contributed by atoms with Gasteiger partial charge < -0.3 is 10.6 Å². The smallest absolute Gasteiger partial charge is 0.237 e. The van der Waals surface area contributed by atoms with Crippen LogP contribution in [0, 0.1) is 6.92 Å². The van der Waals surface area contributed by atoms with Gasteiger partial charge in [0.25, 0.3) is 0 Å². The number of thioether (sulfide) groups is 1. The minimum Gasteiger partial charge on any atom is -0.360 e. The number of benzene rings is 1. The zero-order valence-electron chi connectivity index (χ0n) is 13.2. The molecule has 0 saturated carbocycles. The van der Waals surface area contributed by atoms with E-state index in [0.29, 0.717) is 0 Å². The van der Waals surface area contributed by atoms with Crippen molar-refractivity contribution in [2.45, 2.75) is 36.8 Å². The van der Waals surface area contributed by atoms with Crippen LogP contribution < -0.4 is 10.6 Å². The van der Waals surface area contributed by atoms with E-state index in [2.05, 4.69) is 43.7 Å². The van der Waals surface area contributed by atoms with Crippen molar-refractivity contribution < 1.29 is 4.79 Å². The van der Waals surface area contributed by atoms with E-state index >= 15 is 0 Å². The summed E-state index contributed by atoms with van der Waals surface area (Å²) in [6.07, 6.45) is 1.03. The number of hydrogen-bond acceptors (Lipinski definition) is 6. The van der Waals surface area contributed by atoms with E-state index in [9.17, 15) is 4.79 Å². The number of anilines is 2. The van der Waals surface area contributed by atoms with Crippen LogP contribution in [0.5, 0.6) is 0 Å². The fourth-order valence-corrected chi connectivity index (χ4v) is 4.24. The fraction of sp³-hybridized carbons (Fsp3) is 0.400. The van der Waals surface area contributed by atoms with Gasteiger partial charge in [-0.25, -0.2) is 0 Å². The first-order valence-corrected chi connectivity index (χ1v) is 9.79. The van der Waals surface area contributed by atoms with Crippen LogP contribution in [0.2, 0.25) is 0 Å². The minimum absolute atomic E-state index is 0.0576. The Bertz CT molecular complexity index is 677. The molecular formula is C15H19BrN4OS2. The predicted octanol–water partition coefficient (Wildman–Crippen LogP) is 4.55. The van der Waals surface area contributed by atoms with E-state index in [1.165, 1.54) is 23.1 Å². The minimum atomic E-state index is -0.254. The number of carbonyl (C=O) groups excluding carboxylic acids is 1. The second-order valence-electron chi connectivity index (χ2n) is 5.03. The molecule has 0 aliphatic heterocycles. The number of aromatic nitrogens is 2. The van der Waals surface area contributed by atoms with Crippen molar-refractivity contribution in [2.24, 2.45) is 0 Å². The molecule has 1 heterocycles. The Balaban J connectivity index is 1.93. The lowest BCUT2D eigenvalue weighted by Gasteiger charge is -2.12. The zero-order chi connectivity index (χ0) is 16.8. The molecule has 1 aromatic heterocycles. The largest absolute Gasteiger partial charge is 0.360 e. The number of carbonyl (C=O) groups is 1. The number of halogens is 1. The summed E-state index contributed by atoms with van der Waals surface area (Å²) < 4.78 is 1.67. The summed E-state index contributed by atoms with van der Waals surface area (Å²) in [5.41, 5.74) is 1.91. The monoisotopic (exact) mass is 414 g/mol. The SMILES string of the molecule is CCCNc1nnc(S[C@@H](C)C(=O)Nc2ccc(C)cc2Br)s1. The van der Waals surface area contributed by atoms with Crippen LogP contribution in [0.25, 0.3) is 0 Å². The van der Waals surface area contributed by atoms with Crippen molar-refractivity contribution in [2.75, 3.05) is 17.2 Å². The van der Waals surface area contributed by atoms with Crippen LogP contribution in [0.3, 0.4) is 0 Å². The van der Waals surface area contributed by atoms with E-state index in [1.807, 2.05) is 32.0 Å². The van der Waals surface area contributed by atoms with Gasteiger partial charge in [-0.2, -0.15) is 0 Å². The van der Waals surface area contributed by atoms with Crippen molar-refractivity contribution in [1.82, 2.24) is 10.2 Å². The molecule has 0 aliphatic carbocycles. The molecule has 2 aromatic rings. The van der Waals surface area contributed by atoms with Crippen LogP contribution in [0.4, 0.5) is 10.8 Å². The van der Waals surface area contributed by atoms with Crippen LogP contribution in [0.1, 0.15) is 25.8 Å². The van der Waals surface area contributed by atoms with Gasteiger partial charge in [-0.05, 0) is 53.9 Å². The number of nitrogens with one attached hydrogen (secondary N) is 2. The second kappa shape index (κ2) is 8.65.